The summed E-state index contributed by atoms with van der Waals surface area (Å²) in [6.45, 7) is 6.56. The van der Waals surface area contributed by atoms with E-state index in [1.54, 1.807) is 6.20 Å². The first-order chi connectivity index (χ1) is 16.2. The highest BCUT2D eigenvalue weighted by Crippen LogP contribution is 2.25. The van der Waals surface area contributed by atoms with Gasteiger partial charge in [-0.05, 0) is 30.5 Å². The summed E-state index contributed by atoms with van der Waals surface area (Å²) in [7, 11) is 0. The number of piperidine rings is 1. The minimum absolute atomic E-state index is 0.00683. The maximum absolute atomic E-state index is 12.8. The molecule has 0 radical (unpaired) electrons. The summed E-state index contributed by atoms with van der Waals surface area (Å²) >= 11 is 1.49. The molecule has 0 atom stereocenters. The van der Waals surface area contributed by atoms with Crippen molar-refractivity contribution in [2.24, 2.45) is 0 Å². The van der Waals surface area contributed by atoms with Gasteiger partial charge in [-0.2, -0.15) is 0 Å². The second-order valence-electron chi connectivity index (χ2n) is 8.68. The van der Waals surface area contributed by atoms with E-state index >= 15 is 0 Å². The lowest BCUT2D eigenvalue weighted by Crippen LogP contribution is -2.46. The maximum atomic E-state index is 12.8. The van der Waals surface area contributed by atoms with Crippen molar-refractivity contribution in [1.29, 1.82) is 0 Å². The molecule has 5 rings (SSSR count). The molecule has 2 aliphatic rings. The number of hydrogen-bond acceptors (Lipinski definition) is 7. The average Bonchev–Trinajstić information content (AvgIpc) is 3.37. The van der Waals surface area contributed by atoms with Crippen LogP contribution in [0, 0.1) is 0 Å². The third kappa shape index (κ3) is 5.51. The largest absolute Gasteiger partial charge is 0.353 e. The number of nitrogens with zero attached hydrogens (tertiary/aromatic N) is 5. The fraction of sp³-hybridized carbons (Fsp3) is 0.400. The molecule has 33 heavy (non-hydrogen) atoms. The van der Waals surface area contributed by atoms with Crippen LogP contribution in [0.4, 0.5) is 10.9 Å². The smallest absolute Gasteiger partial charge is 0.263 e. The molecule has 2 aromatic heterocycles. The number of aromatic nitrogens is 2. The van der Waals surface area contributed by atoms with Gasteiger partial charge in [-0.1, -0.05) is 47.7 Å². The first-order valence-electron chi connectivity index (χ1n) is 11.7. The molecule has 4 heterocycles. The van der Waals surface area contributed by atoms with Crippen molar-refractivity contribution >= 4 is 28.2 Å². The van der Waals surface area contributed by atoms with Crippen molar-refractivity contribution in [3.63, 3.8) is 0 Å². The number of carbonyl (C=O) groups excluding carboxylic acids is 1. The lowest BCUT2D eigenvalue weighted by Gasteiger charge is -2.35. The molecule has 0 aliphatic carbocycles. The molecule has 7 nitrogen and oxygen atoms in total. The van der Waals surface area contributed by atoms with Gasteiger partial charge in [-0.15, -0.1) is 0 Å². The van der Waals surface area contributed by atoms with Crippen LogP contribution in [0.1, 0.15) is 28.1 Å². The zero-order valence-corrected chi connectivity index (χ0v) is 19.6. The molecular formula is C25H30N6OS. The fourth-order valence-corrected chi connectivity index (χ4v) is 5.39. The van der Waals surface area contributed by atoms with E-state index in [-0.39, 0.29) is 11.9 Å². The number of nitrogens with one attached hydrogen (secondary N) is 1. The summed E-state index contributed by atoms with van der Waals surface area (Å²) in [4.78, 5) is 29.6. The van der Waals surface area contributed by atoms with Crippen LogP contribution in [0.15, 0.2) is 60.9 Å². The standard InChI is InChI=1S/C25H30N6OS/c32-24(28-21-9-12-29(13-10-21)19-20-6-2-1-3-7-20)22-18-27-25(33-22)31-16-14-30(15-17-31)23-8-4-5-11-26-23/h1-8,11,18,21H,9-10,12-17,19H2,(H,28,32). The van der Waals surface area contributed by atoms with Gasteiger partial charge in [0.2, 0.25) is 0 Å². The molecule has 8 heteroatoms. The summed E-state index contributed by atoms with van der Waals surface area (Å²) in [5.41, 5.74) is 1.35. The summed E-state index contributed by atoms with van der Waals surface area (Å²) in [5, 5.41) is 4.16. The van der Waals surface area contributed by atoms with Crippen LogP contribution in [0.2, 0.25) is 0 Å². The Balaban J connectivity index is 1.09. The van der Waals surface area contributed by atoms with E-state index in [0.717, 1.165) is 69.6 Å². The Kier molecular flexibility index (Phi) is 6.83. The Morgan fingerprint density at radius 2 is 1.64 bits per heavy atom. The number of anilines is 2. The molecule has 1 amide bonds. The lowest BCUT2D eigenvalue weighted by atomic mass is 10.0. The molecule has 2 fully saturated rings. The van der Waals surface area contributed by atoms with E-state index < -0.39 is 0 Å². The molecule has 0 saturated carbocycles. The lowest BCUT2D eigenvalue weighted by molar-refractivity contribution is 0.0913. The van der Waals surface area contributed by atoms with Gasteiger partial charge >= 0.3 is 0 Å². The van der Waals surface area contributed by atoms with E-state index in [0.29, 0.717) is 4.88 Å². The first-order valence-corrected chi connectivity index (χ1v) is 12.5. The Labute approximate surface area is 199 Å². The van der Waals surface area contributed by atoms with Crippen molar-refractivity contribution in [3.05, 3.63) is 71.4 Å². The van der Waals surface area contributed by atoms with Crippen LogP contribution in [0.5, 0.6) is 0 Å². The third-order valence-electron chi connectivity index (χ3n) is 6.41. The van der Waals surface area contributed by atoms with Crippen LogP contribution in [0.3, 0.4) is 0 Å². The Bertz CT molecular complexity index is 1030. The SMILES string of the molecule is O=C(NC1CCN(Cc2ccccc2)CC1)c1cnc(N2CCN(c3ccccn3)CC2)s1. The number of carbonyl (C=O) groups is 1. The first kappa shape index (κ1) is 21.9. The minimum atomic E-state index is 0.00683. The normalized spacial score (nSPS) is 17.8. The zero-order valence-electron chi connectivity index (χ0n) is 18.8. The number of thiazole rings is 1. The van der Waals surface area contributed by atoms with E-state index in [9.17, 15) is 4.79 Å². The summed E-state index contributed by atoms with van der Waals surface area (Å²) in [5.74, 6) is 1.03. The molecule has 0 bridgehead atoms. The summed E-state index contributed by atoms with van der Waals surface area (Å²) < 4.78 is 0. The number of amides is 1. The van der Waals surface area contributed by atoms with Crippen LogP contribution in [0.25, 0.3) is 0 Å². The molecule has 0 unspecified atom stereocenters. The van der Waals surface area contributed by atoms with E-state index in [2.05, 4.69) is 60.3 Å². The summed E-state index contributed by atoms with van der Waals surface area (Å²) in [6.07, 6.45) is 5.53. The topological polar surface area (TPSA) is 64.6 Å². The number of benzene rings is 1. The van der Waals surface area contributed by atoms with Gasteiger partial charge in [0.05, 0.1) is 6.20 Å². The number of likely N-dealkylation sites (tertiary alicyclic amines) is 1. The minimum Gasteiger partial charge on any atom is -0.353 e. The molecule has 2 aliphatic heterocycles. The van der Waals surface area contributed by atoms with E-state index in [1.807, 2.05) is 24.4 Å². The highest BCUT2D eigenvalue weighted by Gasteiger charge is 2.24. The van der Waals surface area contributed by atoms with Crippen molar-refractivity contribution in [3.8, 4) is 0 Å². The summed E-state index contributed by atoms with van der Waals surface area (Å²) in [6, 6.07) is 16.8. The molecule has 172 valence electrons. The predicted octanol–water partition coefficient (Wildman–Crippen LogP) is 3.26. The molecule has 1 N–H and O–H groups in total. The number of pyridine rings is 1. The average molecular weight is 463 g/mol. The van der Waals surface area contributed by atoms with Gasteiger partial charge in [0.25, 0.3) is 5.91 Å². The Hall–Kier alpha value is -2.97. The molecule has 2 saturated heterocycles. The molecule has 1 aromatic carbocycles. The monoisotopic (exact) mass is 462 g/mol. The Morgan fingerprint density at radius 1 is 0.909 bits per heavy atom. The van der Waals surface area contributed by atoms with E-state index in [4.69, 9.17) is 0 Å². The second-order valence-corrected chi connectivity index (χ2v) is 9.69. The van der Waals surface area contributed by atoms with Crippen LogP contribution in [-0.4, -0.2) is 66.1 Å². The quantitative estimate of drug-likeness (QED) is 0.607. The van der Waals surface area contributed by atoms with Gasteiger partial charge in [0.1, 0.15) is 10.7 Å². The van der Waals surface area contributed by atoms with Crippen LogP contribution >= 0.6 is 11.3 Å². The van der Waals surface area contributed by atoms with Gasteiger partial charge in [-0.3, -0.25) is 9.69 Å². The van der Waals surface area contributed by atoms with Gasteiger partial charge < -0.3 is 15.1 Å². The van der Waals surface area contributed by atoms with Crippen molar-refractivity contribution < 1.29 is 4.79 Å². The maximum Gasteiger partial charge on any atom is 0.263 e. The number of hydrogen-bond donors (Lipinski definition) is 1. The second kappa shape index (κ2) is 10.3. The third-order valence-corrected chi connectivity index (χ3v) is 7.47. The number of piperazine rings is 1. The van der Waals surface area contributed by atoms with Crippen LogP contribution < -0.4 is 15.1 Å². The van der Waals surface area contributed by atoms with Crippen LogP contribution in [-0.2, 0) is 6.54 Å². The predicted molar refractivity (Wildman–Crippen MR) is 133 cm³/mol. The van der Waals surface area contributed by atoms with Crippen molar-refractivity contribution in [2.75, 3.05) is 49.1 Å². The highest BCUT2D eigenvalue weighted by molar-refractivity contribution is 7.17. The highest BCUT2D eigenvalue weighted by atomic mass is 32.1. The van der Waals surface area contributed by atoms with Gasteiger partial charge in [0.15, 0.2) is 5.13 Å². The fourth-order valence-electron chi connectivity index (χ4n) is 4.52. The van der Waals surface area contributed by atoms with E-state index in [1.165, 1.54) is 16.9 Å². The molecule has 0 spiro atoms. The Morgan fingerprint density at radius 3 is 2.36 bits per heavy atom. The van der Waals surface area contributed by atoms with Gasteiger partial charge in [-0.25, -0.2) is 9.97 Å². The molecule has 3 aromatic rings. The molecular weight excluding hydrogens is 432 g/mol. The van der Waals surface area contributed by atoms with Crippen molar-refractivity contribution in [1.82, 2.24) is 20.2 Å². The number of rotatable bonds is 6. The van der Waals surface area contributed by atoms with Crippen molar-refractivity contribution in [2.45, 2.75) is 25.4 Å². The van der Waals surface area contributed by atoms with Gasteiger partial charge in [0, 0.05) is 58.1 Å². The zero-order chi connectivity index (χ0) is 22.5.